The van der Waals surface area contributed by atoms with Crippen LogP contribution in [0.3, 0.4) is 0 Å². The lowest BCUT2D eigenvalue weighted by Gasteiger charge is -2.11. The summed E-state index contributed by atoms with van der Waals surface area (Å²) >= 11 is 0. The molecule has 0 aliphatic rings. The first-order valence-corrected chi connectivity index (χ1v) is 4.67. The molecule has 1 rings (SSSR count). The van der Waals surface area contributed by atoms with E-state index in [-0.39, 0.29) is 18.5 Å². The molecule has 6 heteroatoms. The van der Waals surface area contributed by atoms with Crippen molar-refractivity contribution in [1.82, 2.24) is 5.32 Å². The second-order valence-corrected chi connectivity index (χ2v) is 3.01. The average molecular weight is 222 g/mol. The van der Waals surface area contributed by atoms with Crippen molar-refractivity contribution in [3.05, 3.63) is 24.3 Å². The van der Waals surface area contributed by atoms with Crippen LogP contribution >= 0.6 is 0 Å². The molecule has 1 aromatic carbocycles. The molecule has 86 valence electrons. The van der Waals surface area contributed by atoms with Gasteiger partial charge in [-0.25, -0.2) is 4.79 Å². The number of carbonyl (C=O) groups excluding carboxylic acids is 1. The Kier molecular flexibility index (Phi) is 4.14. The van der Waals surface area contributed by atoms with Crippen LogP contribution < -0.4 is 21.1 Å². The fourth-order valence-corrected chi connectivity index (χ4v) is 1.04. The summed E-state index contributed by atoms with van der Waals surface area (Å²) < 4.78 is 5.25. The lowest BCUT2D eigenvalue weighted by Crippen LogP contribution is -2.25. The van der Waals surface area contributed by atoms with Gasteiger partial charge in [-0.2, -0.15) is 0 Å². The van der Waals surface area contributed by atoms with E-state index in [1.54, 1.807) is 24.3 Å². The Labute approximate surface area is 93.3 Å². The van der Waals surface area contributed by atoms with Crippen LogP contribution in [0.15, 0.2) is 24.3 Å². The van der Waals surface area contributed by atoms with Crippen LogP contribution in [0, 0.1) is 5.41 Å². The SMILES string of the molecule is CNC(=O)Nc1ccccc1OCC(=N)N. The Morgan fingerprint density at radius 3 is 2.81 bits per heavy atom. The normalized spacial score (nSPS) is 9.31. The van der Waals surface area contributed by atoms with Crippen molar-refractivity contribution in [1.29, 1.82) is 5.41 Å². The van der Waals surface area contributed by atoms with Crippen molar-refractivity contribution in [2.75, 3.05) is 19.0 Å². The summed E-state index contributed by atoms with van der Waals surface area (Å²) in [5, 5.41) is 12.1. The Morgan fingerprint density at radius 1 is 1.50 bits per heavy atom. The van der Waals surface area contributed by atoms with Crippen LogP contribution in [0.2, 0.25) is 0 Å². The average Bonchev–Trinajstić information content (AvgIpc) is 2.27. The van der Waals surface area contributed by atoms with Crippen molar-refractivity contribution < 1.29 is 9.53 Å². The van der Waals surface area contributed by atoms with Gasteiger partial charge in [-0.15, -0.1) is 0 Å². The van der Waals surface area contributed by atoms with Gasteiger partial charge in [0.2, 0.25) is 0 Å². The van der Waals surface area contributed by atoms with Crippen molar-refractivity contribution in [2.45, 2.75) is 0 Å². The van der Waals surface area contributed by atoms with Crippen LogP contribution in [-0.4, -0.2) is 25.5 Å². The summed E-state index contributed by atoms with van der Waals surface area (Å²) in [6, 6.07) is 6.59. The number of amidine groups is 1. The molecule has 2 amide bonds. The Hall–Kier alpha value is -2.24. The molecule has 16 heavy (non-hydrogen) atoms. The van der Waals surface area contributed by atoms with Gasteiger partial charge in [0.25, 0.3) is 0 Å². The summed E-state index contributed by atoms with van der Waals surface area (Å²) in [7, 11) is 1.52. The van der Waals surface area contributed by atoms with Gasteiger partial charge in [0.1, 0.15) is 18.2 Å². The van der Waals surface area contributed by atoms with Crippen LogP contribution in [0.1, 0.15) is 0 Å². The highest BCUT2D eigenvalue weighted by molar-refractivity contribution is 5.90. The molecule has 0 saturated heterocycles. The maximum absolute atomic E-state index is 11.1. The van der Waals surface area contributed by atoms with Gasteiger partial charge < -0.3 is 21.1 Å². The number of para-hydroxylation sites is 2. The van der Waals surface area contributed by atoms with Crippen LogP contribution in [-0.2, 0) is 0 Å². The number of ether oxygens (including phenoxy) is 1. The number of carbonyl (C=O) groups is 1. The zero-order chi connectivity index (χ0) is 12.0. The first-order chi connectivity index (χ1) is 7.63. The maximum Gasteiger partial charge on any atom is 0.319 e. The predicted octanol–water partition coefficient (Wildman–Crippen LogP) is 0.753. The highest BCUT2D eigenvalue weighted by atomic mass is 16.5. The third kappa shape index (κ3) is 3.49. The monoisotopic (exact) mass is 222 g/mol. The maximum atomic E-state index is 11.1. The fourth-order valence-electron chi connectivity index (χ4n) is 1.04. The van der Waals surface area contributed by atoms with E-state index < -0.39 is 0 Å². The minimum atomic E-state index is -0.334. The fraction of sp³-hybridized carbons (Fsp3) is 0.200. The highest BCUT2D eigenvalue weighted by Gasteiger charge is 2.05. The number of benzene rings is 1. The molecule has 0 bridgehead atoms. The van der Waals surface area contributed by atoms with E-state index in [9.17, 15) is 4.79 Å². The molecular weight excluding hydrogens is 208 g/mol. The number of nitrogens with two attached hydrogens (primary N) is 1. The molecule has 1 aromatic rings. The van der Waals surface area contributed by atoms with Gasteiger partial charge >= 0.3 is 6.03 Å². The van der Waals surface area contributed by atoms with Gasteiger partial charge in [-0.3, -0.25) is 5.41 Å². The molecule has 0 saturated carbocycles. The summed E-state index contributed by atoms with van der Waals surface area (Å²) in [4.78, 5) is 11.1. The van der Waals surface area contributed by atoms with E-state index in [1.165, 1.54) is 7.05 Å². The molecule has 6 nitrogen and oxygen atoms in total. The Balaban J connectivity index is 2.74. The molecule has 0 aliphatic heterocycles. The highest BCUT2D eigenvalue weighted by Crippen LogP contribution is 2.23. The lowest BCUT2D eigenvalue weighted by atomic mass is 10.3. The second kappa shape index (κ2) is 5.59. The minimum absolute atomic E-state index is 0.00750. The van der Waals surface area contributed by atoms with Crippen molar-refractivity contribution in [2.24, 2.45) is 5.73 Å². The number of hydrogen-bond donors (Lipinski definition) is 4. The number of anilines is 1. The minimum Gasteiger partial charge on any atom is -0.484 e. The molecule has 0 heterocycles. The molecule has 0 spiro atoms. The molecule has 0 fully saturated rings. The zero-order valence-corrected chi connectivity index (χ0v) is 8.91. The van der Waals surface area contributed by atoms with Crippen molar-refractivity contribution in [3.63, 3.8) is 0 Å². The predicted molar refractivity (Wildman–Crippen MR) is 61.9 cm³/mol. The molecule has 5 N–H and O–H groups in total. The topological polar surface area (TPSA) is 100 Å². The lowest BCUT2D eigenvalue weighted by molar-refractivity contribution is 0.254. The van der Waals surface area contributed by atoms with Gasteiger partial charge in [0.05, 0.1) is 5.69 Å². The van der Waals surface area contributed by atoms with E-state index in [4.69, 9.17) is 15.9 Å². The van der Waals surface area contributed by atoms with E-state index in [2.05, 4.69) is 10.6 Å². The van der Waals surface area contributed by atoms with E-state index in [0.29, 0.717) is 11.4 Å². The van der Waals surface area contributed by atoms with E-state index in [0.717, 1.165) is 0 Å². The molecule has 0 aromatic heterocycles. The smallest absolute Gasteiger partial charge is 0.319 e. The van der Waals surface area contributed by atoms with E-state index in [1.807, 2.05) is 0 Å². The van der Waals surface area contributed by atoms with Crippen LogP contribution in [0.25, 0.3) is 0 Å². The number of rotatable bonds is 4. The third-order valence-electron chi connectivity index (χ3n) is 1.75. The first kappa shape index (κ1) is 11.8. The van der Waals surface area contributed by atoms with Crippen LogP contribution in [0.4, 0.5) is 10.5 Å². The first-order valence-electron chi connectivity index (χ1n) is 4.67. The zero-order valence-electron chi connectivity index (χ0n) is 8.91. The molecule has 0 aliphatic carbocycles. The molecular formula is C10H14N4O2. The van der Waals surface area contributed by atoms with Crippen LogP contribution in [0.5, 0.6) is 5.75 Å². The Morgan fingerprint density at radius 2 is 2.19 bits per heavy atom. The van der Waals surface area contributed by atoms with Gasteiger partial charge in [0.15, 0.2) is 0 Å². The molecule has 0 radical (unpaired) electrons. The second-order valence-electron chi connectivity index (χ2n) is 3.01. The van der Waals surface area contributed by atoms with Gasteiger partial charge in [0, 0.05) is 7.05 Å². The standard InChI is InChI=1S/C10H14N4O2/c1-13-10(15)14-7-4-2-3-5-8(7)16-6-9(11)12/h2-5H,6H2,1H3,(H3,11,12)(H2,13,14,15). The number of hydrogen-bond acceptors (Lipinski definition) is 3. The number of nitrogens with one attached hydrogen (secondary N) is 3. The quantitative estimate of drug-likeness (QED) is 0.446. The van der Waals surface area contributed by atoms with Crippen molar-refractivity contribution >= 4 is 17.6 Å². The largest absolute Gasteiger partial charge is 0.484 e. The molecule has 0 unspecified atom stereocenters. The van der Waals surface area contributed by atoms with Crippen molar-refractivity contribution in [3.8, 4) is 5.75 Å². The number of amides is 2. The summed E-state index contributed by atoms with van der Waals surface area (Å²) in [5.74, 6) is 0.399. The third-order valence-corrected chi connectivity index (χ3v) is 1.75. The summed E-state index contributed by atoms with van der Waals surface area (Å²) in [6.45, 7) is -0.00750. The summed E-state index contributed by atoms with van der Waals surface area (Å²) in [5.41, 5.74) is 5.71. The van der Waals surface area contributed by atoms with Gasteiger partial charge in [-0.05, 0) is 12.1 Å². The number of urea groups is 1. The Bertz CT molecular complexity index is 392. The van der Waals surface area contributed by atoms with E-state index >= 15 is 0 Å². The summed E-state index contributed by atoms with van der Waals surface area (Å²) in [6.07, 6.45) is 0. The molecule has 0 atom stereocenters. The van der Waals surface area contributed by atoms with Gasteiger partial charge in [-0.1, -0.05) is 12.1 Å².